The van der Waals surface area contributed by atoms with Crippen molar-refractivity contribution in [1.82, 2.24) is 0 Å². The second kappa shape index (κ2) is 4.77. The molecular formula is C11H20O2. The van der Waals surface area contributed by atoms with E-state index in [1.165, 1.54) is 0 Å². The van der Waals surface area contributed by atoms with Gasteiger partial charge in [-0.3, -0.25) is 0 Å². The highest BCUT2D eigenvalue weighted by atomic mass is 16.3. The topological polar surface area (TPSA) is 40.5 Å². The molecule has 1 aliphatic carbocycles. The van der Waals surface area contributed by atoms with Crippen molar-refractivity contribution in [3.63, 3.8) is 0 Å². The predicted molar refractivity (Wildman–Crippen MR) is 53.3 cm³/mol. The average Bonchev–Trinajstić information content (AvgIpc) is 2.28. The Balaban J connectivity index is 2.60. The molecule has 4 atom stereocenters. The van der Waals surface area contributed by atoms with E-state index in [1.807, 2.05) is 13.0 Å². The standard InChI is InChI=1S/C11H20O2/c1-8-3-5-10(9(2)7-12)11(13)6-4-8/h4,6,8-13H,3,5,7H2,1-2H3/t8-,9+,10-,11-/m0/s1. The highest BCUT2D eigenvalue weighted by Crippen LogP contribution is 2.27. The van der Waals surface area contributed by atoms with Gasteiger partial charge in [0.1, 0.15) is 0 Å². The Bertz CT molecular complexity index is 177. The number of aliphatic hydroxyl groups excluding tert-OH is 2. The lowest BCUT2D eigenvalue weighted by atomic mass is 9.86. The van der Waals surface area contributed by atoms with E-state index in [2.05, 4.69) is 13.0 Å². The summed E-state index contributed by atoms with van der Waals surface area (Å²) in [5.41, 5.74) is 0. The van der Waals surface area contributed by atoms with Gasteiger partial charge in [-0.2, -0.15) is 0 Å². The van der Waals surface area contributed by atoms with Gasteiger partial charge in [0.15, 0.2) is 0 Å². The van der Waals surface area contributed by atoms with Gasteiger partial charge in [-0.05, 0) is 30.6 Å². The van der Waals surface area contributed by atoms with Gasteiger partial charge in [0.05, 0.1) is 6.10 Å². The smallest absolute Gasteiger partial charge is 0.0752 e. The molecule has 0 bridgehead atoms. The molecule has 0 heterocycles. The molecular weight excluding hydrogens is 164 g/mol. The highest BCUT2D eigenvalue weighted by molar-refractivity contribution is 4.98. The Kier molecular flexibility index (Phi) is 3.94. The first-order chi connectivity index (χ1) is 6.15. The largest absolute Gasteiger partial charge is 0.396 e. The average molecular weight is 184 g/mol. The van der Waals surface area contributed by atoms with E-state index in [-0.39, 0.29) is 24.5 Å². The van der Waals surface area contributed by atoms with E-state index in [1.54, 1.807) is 0 Å². The van der Waals surface area contributed by atoms with Gasteiger partial charge in [-0.25, -0.2) is 0 Å². The van der Waals surface area contributed by atoms with Crippen LogP contribution >= 0.6 is 0 Å². The van der Waals surface area contributed by atoms with E-state index < -0.39 is 0 Å². The van der Waals surface area contributed by atoms with Crippen LogP contribution in [-0.4, -0.2) is 22.9 Å². The van der Waals surface area contributed by atoms with E-state index >= 15 is 0 Å². The summed E-state index contributed by atoms with van der Waals surface area (Å²) >= 11 is 0. The van der Waals surface area contributed by atoms with E-state index in [4.69, 9.17) is 5.11 Å². The van der Waals surface area contributed by atoms with Gasteiger partial charge in [0, 0.05) is 6.61 Å². The van der Waals surface area contributed by atoms with Crippen molar-refractivity contribution in [2.75, 3.05) is 6.61 Å². The van der Waals surface area contributed by atoms with Crippen molar-refractivity contribution in [1.29, 1.82) is 0 Å². The molecule has 0 aromatic rings. The van der Waals surface area contributed by atoms with Crippen LogP contribution in [0, 0.1) is 17.8 Å². The van der Waals surface area contributed by atoms with Crippen molar-refractivity contribution in [2.24, 2.45) is 17.8 Å². The van der Waals surface area contributed by atoms with Crippen molar-refractivity contribution in [3.8, 4) is 0 Å². The monoisotopic (exact) mass is 184 g/mol. The van der Waals surface area contributed by atoms with Gasteiger partial charge >= 0.3 is 0 Å². The molecule has 0 aromatic carbocycles. The van der Waals surface area contributed by atoms with Crippen LogP contribution in [0.1, 0.15) is 26.7 Å². The number of aliphatic hydroxyl groups is 2. The minimum Gasteiger partial charge on any atom is -0.396 e. The molecule has 2 heteroatoms. The van der Waals surface area contributed by atoms with Gasteiger partial charge in [-0.1, -0.05) is 26.0 Å². The van der Waals surface area contributed by atoms with Crippen LogP contribution in [0.25, 0.3) is 0 Å². The Labute approximate surface area is 80.3 Å². The molecule has 0 spiro atoms. The minimum absolute atomic E-state index is 0.171. The quantitative estimate of drug-likeness (QED) is 0.640. The van der Waals surface area contributed by atoms with E-state index in [0.717, 1.165) is 12.8 Å². The molecule has 2 N–H and O–H groups in total. The molecule has 1 rings (SSSR count). The minimum atomic E-state index is -0.368. The van der Waals surface area contributed by atoms with Gasteiger partial charge in [0.2, 0.25) is 0 Å². The molecule has 13 heavy (non-hydrogen) atoms. The summed E-state index contributed by atoms with van der Waals surface area (Å²) in [5, 5.41) is 18.8. The maximum atomic E-state index is 9.77. The van der Waals surface area contributed by atoms with Gasteiger partial charge in [-0.15, -0.1) is 0 Å². The Morgan fingerprint density at radius 3 is 2.69 bits per heavy atom. The van der Waals surface area contributed by atoms with Crippen molar-refractivity contribution in [2.45, 2.75) is 32.8 Å². The zero-order valence-electron chi connectivity index (χ0n) is 8.48. The van der Waals surface area contributed by atoms with Crippen LogP contribution in [0.4, 0.5) is 0 Å². The first-order valence-electron chi connectivity index (χ1n) is 5.12. The lowest BCUT2D eigenvalue weighted by molar-refractivity contribution is 0.0805. The maximum Gasteiger partial charge on any atom is 0.0752 e. The second-order valence-electron chi connectivity index (χ2n) is 4.25. The molecule has 0 saturated carbocycles. The number of hydrogen-bond acceptors (Lipinski definition) is 2. The molecule has 0 aromatic heterocycles. The molecule has 0 unspecified atom stereocenters. The molecule has 0 fully saturated rings. The second-order valence-corrected chi connectivity index (χ2v) is 4.25. The number of hydrogen-bond donors (Lipinski definition) is 2. The highest BCUT2D eigenvalue weighted by Gasteiger charge is 2.25. The molecule has 0 radical (unpaired) electrons. The van der Waals surface area contributed by atoms with E-state index in [0.29, 0.717) is 5.92 Å². The molecule has 0 saturated heterocycles. The summed E-state index contributed by atoms with van der Waals surface area (Å²) < 4.78 is 0. The van der Waals surface area contributed by atoms with Gasteiger partial charge < -0.3 is 10.2 Å². The predicted octanol–water partition coefficient (Wildman–Crippen LogP) is 1.58. The van der Waals surface area contributed by atoms with Crippen molar-refractivity contribution in [3.05, 3.63) is 12.2 Å². The fourth-order valence-corrected chi connectivity index (χ4v) is 1.93. The van der Waals surface area contributed by atoms with Crippen LogP contribution in [0.15, 0.2) is 12.2 Å². The van der Waals surface area contributed by atoms with Gasteiger partial charge in [0.25, 0.3) is 0 Å². The summed E-state index contributed by atoms with van der Waals surface area (Å²) in [6.45, 7) is 4.33. The third-order valence-electron chi connectivity index (χ3n) is 3.05. The fraction of sp³-hybridized carbons (Fsp3) is 0.818. The summed E-state index contributed by atoms with van der Waals surface area (Å²) in [6.07, 6.45) is 5.72. The third kappa shape index (κ3) is 2.82. The van der Waals surface area contributed by atoms with Crippen LogP contribution in [0.3, 0.4) is 0 Å². The van der Waals surface area contributed by atoms with Crippen molar-refractivity contribution < 1.29 is 10.2 Å². The normalized spacial score (nSPS) is 37.1. The van der Waals surface area contributed by atoms with Crippen molar-refractivity contribution >= 4 is 0 Å². The Morgan fingerprint density at radius 2 is 2.08 bits per heavy atom. The van der Waals surface area contributed by atoms with E-state index in [9.17, 15) is 5.11 Å². The summed E-state index contributed by atoms with van der Waals surface area (Å²) in [4.78, 5) is 0. The molecule has 76 valence electrons. The molecule has 1 aliphatic rings. The van der Waals surface area contributed by atoms with Crippen LogP contribution < -0.4 is 0 Å². The Hall–Kier alpha value is -0.340. The Morgan fingerprint density at radius 1 is 1.38 bits per heavy atom. The number of rotatable bonds is 2. The number of allylic oxidation sites excluding steroid dienone is 1. The molecule has 0 aliphatic heterocycles. The lowest BCUT2D eigenvalue weighted by Gasteiger charge is -2.24. The third-order valence-corrected chi connectivity index (χ3v) is 3.05. The summed E-state index contributed by atoms with van der Waals surface area (Å²) in [5.74, 6) is 0.988. The first kappa shape index (κ1) is 10.7. The zero-order chi connectivity index (χ0) is 9.84. The maximum absolute atomic E-state index is 9.77. The first-order valence-corrected chi connectivity index (χ1v) is 5.12. The lowest BCUT2D eigenvalue weighted by Crippen LogP contribution is -2.26. The summed E-state index contributed by atoms with van der Waals surface area (Å²) in [6, 6.07) is 0. The fourth-order valence-electron chi connectivity index (χ4n) is 1.93. The SMILES string of the molecule is C[C@@H]1C=C[C@H](O)[C@H]([C@H](C)CO)CC1. The van der Waals surface area contributed by atoms with Crippen LogP contribution in [0.2, 0.25) is 0 Å². The molecule has 0 amide bonds. The zero-order valence-corrected chi connectivity index (χ0v) is 8.48. The van der Waals surface area contributed by atoms with Crippen LogP contribution in [0.5, 0.6) is 0 Å². The molecule has 2 nitrogen and oxygen atoms in total. The van der Waals surface area contributed by atoms with Crippen LogP contribution in [-0.2, 0) is 0 Å². The summed E-state index contributed by atoms with van der Waals surface area (Å²) in [7, 11) is 0.